The molecule has 0 bridgehead atoms. The number of carbonyl (C=O) groups is 1. The van der Waals surface area contributed by atoms with Crippen molar-refractivity contribution in [3.8, 4) is 5.75 Å². The van der Waals surface area contributed by atoms with Gasteiger partial charge in [-0.25, -0.2) is 0 Å². The number of hydrogen-bond acceptors (Lipinski definition) is 3. The van der Waals surface area contributed by atoms with E-state index in [4.69, 9.17) is 4.74 Å². The predicted octanol–water partition coefficient (Wildman–Crippen LogP) is 3.33. The van der Waals surface area contributed by atoms with E-state index in [1.165, 1.54) is 5.56 Å². The van der Waals surface area contributed by atoms with Crippen LogP contribution in [0, 0.1) is 5.41 Å². The van der Waals surface area contributed by atoms with E-state index in [1.807, 2.05) is 19.1 Å². The monoisotopic (exact) mass is 291 g/mol. The standard InChI is InChI=1S/C17H25NO3/c1-4-15(13-6-8-14(21-3)9-7-13)18-11-5-10-17(2,12-18)16(19)20/h6-9,15H,4-5,10-12H2,1-3H3,(H,19,20). The quantitative estimate of drug-likeness (QED) is 0.904. The minimum atomic E-state index is -0.684. The smallest absolute Gasteiger partial charge is 0.310 e. The number of methoxy groups -OCH3 is 1. The molecule has 4 heteroatoms. The van der Waals surface area contributed by atoms with Gasteiger partial charge in [0.25, 0.3) is 0 Å². The summed E-state index contributed by atoms with van der Waals surface area (Å²) in [6.07, 6.45) is 2.68. The summed E-state index contributed by atoms with van der Waals surface area (Å²) in [5.41, 5.74) is 0.603. The van der Waals surface area contributed by atoms with Crippen molar-refractivity contribution in [2.75, 3.05) is 20.2 Å². The lowest BCUT2D eigenvalue weighted by Crippen LogP contribution is -2.47. The Hall–Kier alpha value is -1.55. The third-order valence-electron chi connectivity index (χ3n) is 4.57. The Kier molecular flexibility index (Phi) is 4.88. The third kappa shape index (κ3) is 3.38. The van der Waals surface area contributed by atoms with Gasteiger partial charge in [-0.3, -0.25) is 9.69 Å². The summed E-state index contributed by atoms with van der Waals surface area (Å²) in [5, 5.41) is 9.47. The molecule has 0 aromatic heterocycles. The summed E-state index contributed by atoms with van der Waals surface area (Å²) in [6.45, 7) is 5.60. The molecule has 1 aromatic rings. The van der Waals surface area contributed by atoms with Gasteiger partial charge in [-0.1, -0.05) is 19.1 Å². The van der Waals surface area contributed by atoms with Gasteiger partial charge >= 0.3 is 5.97 Å². The second-order valence-electron chi connectivity index (χ2n) is 6.14. The molecule has 0 aliphatic carbocycles. The number of carboxylic acid groups (broad SMARTS) is 1. The van der Waals surface area contributed by atoms with Crippen molar-refractivity contribution in [3.05, 3.63) is 29.8 Å². The van der Waals surface area contributed by atoms with E-state index in [0.717, 1.165) is 31.6 Å². The molecular weight excluding hydrogens is 266 g/mol. The summed E-state index contributed by atoms with van der Waals surface area (Å²) in [5.74, 6) is 0.166. The van der Waals surface area contributed by atoms with Crippen LogP contribution in [0.15, 0.2) is 24.3 Å². The first-order valence-electron chi connectivity index (χ1n) is 7.61. The maximum Gasteiger partial charge on any atom is 0.310 e. The Balaban J connectivity index is 2.18. The van der Waals surface area contributed by atoms with Gasteiger partial charge in [0, 0.05) is 12.6 Å². The largest absolute Gasteiger partial charge is 0.497 e. The molecule has 1 saturated heterocycles. The summed E-state index contributed by atoms with van der Waals surface area (Å²) in [4.78, 5) is 13.8. The lowest BCUT2D eigenvalue weighted by Gasteiger charge is -2.41. The van der Waals surface area contributed by atoms with Gasteiger partial charge in [-0.2, -0.15) is 0 Å². The van der Waals surface area contributed by atoms with Gasteiger partial charge in [0.05, 0.1) is 12.5 Å². The molecule has 2 unspecified atom stereocenters. The highest BCUT2D eigenvalue weighted by Crippen LogP contribution is 2.36. The molecule has 4 nitrogen and oxygen atoms in total. The molecule has 1 fully saturated rings. The van der Waals surface area contributed by atoms with Crippen LogP contribution in [0.3, 0.4) is 0 Å². The summed E-state index contributed by atoms with van der Waals surface area (Å²) in [7, 11) is 1.66. The molecule has 0 amide bonds. The van der Waals surface area contributed by atoms with E-state index < -0.39 is 11.4 Å². The minimum absolute atomic E-state index is 0.273. The topological polar surface area (TPSA) is 49.8 Å². The van der Waals surface area contributed by atoms with Crippen LogP contribution in [0.1, 0.15) is 44.7 Å². The number of nitrogens with zero attached hydrogens (tertiary/aromatic N) is 1. The van der Waals surface area contributed by atoms with E-state index in [9.17, 15) is 9.90 Å². The van der Waals surface area contributed by atoms with E-state index in [-0.39, 0.29) is 6.04 Å². The van der Waals surface area contributed by atoms with Crippen molar-refractivity contribution in [1.82, 2.24) is 4.90 Å². The molecule has 1 aliphatic heterocycles. The number of aliphatic carboxylic acids is 1. The lowest BCUT2D eigenvalue weighted by atomic mass is 9.81. The fourth-order valence-corrected chi connectivity index (χ4v) is 3.25. The number of carboxylic acids is 1. The van der Waals surface area contributed by atoms with Gasteiger partial charge in [-0.15, -0.1) is 0 Å². The molecule has 1 N–H and O–H groups in total. The number of ether oxygens (including phenoxy) is 1. The fourth-order valence-electron chi connectivity index (χ4n) is 3.25. The van der Waals surface area contributed by atoms with E-state index >= 15 is 0 Å². The Morgan fingerprint density at radius 3 is 2.62 bits per heavy atom. The van der Waals surface area contributed by atoms with Gasteiger partial charge in [0.15, 0.2) is 0 Å². The fraction of sp³-hybridized carbons (Fsp3) is 0.588. The van der Waals surface area contributed by atoms with Crippen LogP contribution < -0.4 is 4.74 Å². The normalized spacial score (nSPS) is 24.5. The van der Waals surface area contributed by atoms with Crippen molar-refractivity contribution in [2.24, 2.45) is 5.41 Å². The first-order chi connectivity index (χ1) is 10.00. The highest BCUT2D eigenvalue weighted by Gasteiger charge is 2.39. The molecule has 0 saturated carbocycles. The van der Waals surface area contributed by atoms with E-state index in [1.54, 1.807) is 7.11 Å². The molecule has 2 atom stereocenters. The molecule has 0 spiro atoms. The van der Waals surface area contributed by atoms with Crippen molar-refractivity contribution in [1.29, 1.82) is 0 Å². The first-order valence-corrected chi connectivity index (χ1v) is 7.61. The maximum absolute atomic E-state index is 11.5. The molecule has 116 valence electrons. The van der Waals surface area contributed by atoms with Gasteiger partial charge in [-0.05, 0) is 50.4 Å². The van der Waals surface area contributed by atoms with Crippen LogP contribution in [0.4, 0.5) is 0 Å². The van der Waals surface area contributed by atoms with E-state index in [2.05, 4.69) is 24.0 Å². The van der Waals surface area contributed by atoms with Crippen LogP contribution in [0.5, 0.6) is 5.75 Å². The molecule has 1 heterocycles. The Morgan fingerprint density at radius 2 is 2.10 bits per heavy atom. The molecule has 2 rings (SSSR count). The molecule has 21 heavy (non-hydrogen) atoms. The number of hydrogen-bond donors (Lipinski definition) is 1. The van der Waals surface area contributed by atoms with Crippen LogP contribution in [-0.2, 0) is 4.79 Å². The van der Waals surface area contributed by atoms with Crippen molar-refractivity contribution in [3.63, 3.8) is 0 Å². The zero-order valence-electron chi connectivity index (χ0n) is 13.1. The zero-order chi connectivity index (χ0) is 15.5. The highest BCUT2D eigenvalue weighted by atomic mass is 16.5. The molecule has 0 radical (unpaired) electrons. The Morgan fingerprint density at radius 1 is 1.43 bits per heavy atom. The van der Waals surface area contributed by atoms with Crippen molar-refractivity contribution < 1.29 is 14.6 Å². The maximum atomic E-state index is 11.5. The number of rotatable bonds is 5. The number of piperidine rings is 1. The first kappa shape index (κ1) is 15.8. The Bertz CT molecular complexity index is 485. The highest BCUT2D eigenvalue weighted by molar-refractivity contribution is 5.74. The predicted molar refractivity (Wildman–Crippen MR) is 82.6 cm³/mol. The zero-order valence-corrected chi connectivity index (χ0v) is 13.1. The Labute approximate surface area is 126 Å². The van der Waals surface area contributed by atoms with Crippen LogP contribution in [0.25, 0.3) is 0 Å². The van der Waals surface area contributed by atoms with Crippen molar-refractivity contribution >= 4 is 5.97 Å². The summed E-state index contributed by atoms with van der Waals surface area (Å²) < 4.78 is 5.20. The molecular formula is C17H25NO3. The van der Waals surface area contributed by atoms with Gasteiger partial charge < -0.3 is 9.84 Å². The van der Waals surface area contributed by atoms with Crippen LogP contribution in [0.2, 0.25) is 0 Å². The summed E-state index contributed by atoms with van der Waals surface area (Å²) >= 11 is 0. The third-order valence-corrected chi connectivity index (χ3v) is 4.57. The number of benzene rings is 1. The SMILES string of the molecule is CCC(c1ccc(OC)cc1)N1CCCC(C)(C(=O)O)C1. The molecule has 1 aliphatic rings. The molecule has 1 aromatic carbocycles. The average Bonchev–Trinajstić information content (AvgIpc) is 2.49. The summed E-state index contributed by atoms with van der Waals surface area (Å²) in [6, 6.07) is 8.38. The lowest BCUT2D eigenvalue weighted by molar-refractivity contribution is -0.151. The van der Waals surface area contributed by atoms with Crippen LogP contribution in [-0.4, -0.2) is 36.2 Å². The average molecular weight is 291 g/mol. The van der Waals surface area contributed by atoms with Crippen LogP contribution >= 0.6 is 0 Å². The van der Waals surface area contributed by atoms with Gasteiger partial charge in [0.1, 0.15) is 5.75 Å². The van der Waals surface area contributed by atoms with E-state index in [0.29, 0.717) is 6.54 Å². The minimum Gasteiger partial charge on any atom is -0.497 e. The van der Waals surface area contributed by atoms with Crippen molar-refractivity contribution in [2.45, 2.75) is 39.2 Å². The number of likely N-dealkylation sites (tertiary alicyclic amines) is 1. The second-order valence-corrected chi connectivity index (χ2v) is 6.14. The second kappa shape index (κ2) is 6.48. The van der Waals surface area contributed by atoms with Gasteiger partial charge in [0.2, 0.25) is 0 Å².